The standard InChI is InChI=1S/C19H15Cl2N3O3/c1-11(27-17-7-6-14(20)9-15(17)21)18(25)24-22-10-13-8-12-4-2-3-5-16(12)23-19(13)26/h2-11H,1H3,(H,23,26)(H,24,25). The Labute approximate surface area is 164 Å². The number of pyridine rings is 1. The van der Waals surface area contributed by atoms with E-state index in [9.17, 15) is 9.59 Å². The molecule has 1 aromatic heterocycles. The van der Waals surface area contributed by atoms with Crippen LogP contribution in [0.15, 0.2) is 58.4 Å². The molecule has 0 aliphatic heterocycles. The van der Waals surface area contributed by atoms with Crippen molar-refractivity contribution in [2.75, 3.05) is 0 Å². The lowest BCUT2D eigenvalue weighted by atomic mass is 10.2. The number of carbonyl (C=O) groups excluding carboxylic acids is 1. The predicted molar refractivity (Wildman–Crippen MR) is 107 cm³/mol. The number of carbonyl (C=O) groups is 1. The lowest BCUT2D eigenvalue weighted by Crippen LogP contribution is -2.33. The molecule has 3 aromatic rings. The van der Waals surface area contributed by atoms with E-state index >= 15 is 0 Å². The zero-order valence-corrected chi connectivity index (χ0v) is 15.7. The molecule has 6 nitrogen and oxygen atoms in total. The van der Waals surface area contributed by atoms with Gasteiger partial charge in [0.25, 0.3) is 11.5 Å². The van der Waals surface area contributed by atoms with Gasteiger partial charge in [-0.05, 0) is 42.6 Å². The molecule has 138 valence electrons. The molecule has 0 aliphatic rings. The Bertz CT molecular complexity index is 1080. The van der Waals surface area contributed by atoms with Gasteiger partial charge in [-0.25, -0.2) is 5.43 Å². The van der Waals surface area contributed by atoms with Crippen LogP contribution in [0, 0.1) is 0 Å². The minimum absolute atomic E-state index is 0.299. The molecule has 0 saturated heterocycles. The van der Waals surface area contributed by atoms with Crippen molar-refractivity contribution >= 4 is 46.2 Å². The van der Waals surface area contributed by atoms with Crippen molar-refractivity contribution in [2.24, 2.45) is 5.10 Å². The van der Waals surface area contributed by atoms with Gasteiger partial charge in [-0.3, -0.25) is 9.59 Å². The van der Waals surface area contributed by atoms with Gasteiger partial charge in [0.1, 0.15) is 5.75 Å². The highest BCUT2D eigenvalue weighted by molar-refractivity contribution is 6.35. The Morgan fingerprint density at radius 2 is 2.00 bits per heavy atom. The molecular formula is C19H15Cl2N3O3. The summed E-state index contributed by atoms with van der Waals surface area (Å²) >= 11 is 11.8. The molecule has 0 spiro atoms. The third-order valence-corrected chi connectivity index (χ3v) is 4.26. The Hall–Kier alpha value is -2.83. The fourth-order valence-electron chi connectivity index (χ4n) is 2.33. The van der Waals surface area contributed by atoms with Crippen LogP contribution in [0.25, 0.3) is 10.9 Å². The smallest absolute Gasteiger partial charge is 0.280 e. The number of ether oxygens (including phenoxy) is 1. The van der Waals surface area contributed by atoms with Crippen LogP contribution in [0.2, 0.25) is 10.0 Å². The summed E-state index contributed by atoms with van der Waals surface area (Å²) in [5, 5.41) is 5.46. The highest BCUT2D eigenvalue weighted by atomic mass is 35.5. The summed E-state index contributed by atoms with van der Waals surface area (Å²) in [6.45, 7) is 1.55. The number of aromatic nitrogens is 1. The van der Waals surface area contributed by atoms with Crippen molar-refractivity contribution in [1.29, 1.82) is 0 Å². The van der Waals surface area contributed by atoms with Crippen LogP contribution in [0.1, 0.15) is 12.5 Å². The van der Waals surface area contributed by atoms with Crippen molar-refractivity contribution in [2.45, 2.75) is 13.0 Å². The summed E-state index contributed by atoms with van der Waals surface area (Å²) in [6.07, 6.45) is 0.432. The number of H-pyrrole nitrogens is 1. The summed E-state index contributed by atoms with van der Waals surface area (Å²) in [7, 11) is 0. The number of para-hydroxylation sites is 1. The Morgan fingerprint density at radius 1 is 1.22 bits per heavy atom. The normalized spacial score (nSPS) is 12.3. The molecule has 1 unspecified atom stereocenters. The number of halogens is 2. The van der Waals surface area contributed by atoms with Gasteiger partial charge in [0.15, 0.2) is 6.10 Å². The lowest BCUT2D eigenvalue weighted by molar-refractivity contribution is -0.127. The molecule has 2 N–H and O–H groups in total. The number of nitrogens with one attached hydrogen (secondary N) is 2. The summed E-state index contributed by atoms with van der Waals surface area (Å²) in [5.74, 6) is -0.159. The van der Waals surface area contributed by atoms with Crippen LogP contribution in [0.4, 0.5) is 0 Å². The van der Waals surface area contributed by atoms with E-state index in [-0.39, 0.29) is 5.56 Å². The van der Waals surface area contributed by atoms with Crippen LogP contribution in [-0.4, -0.2) is 23.2 Å². The van der Waals surface area contributed by atoms with Gasteiger partial charge < -0.3 is 9.72 Å². The minimum atomic E-state index is -0.851. The van der Waals surface area contributed by atoms with Gasteiger partial charge in [-0.1, -0.05) is 41.4 Å². The Balaban J connectivity index is 1.66. The third kappa shape index (κ3) is 4.67. The van der Waals surface area contributed by atoms with Crippen LogP contribution in [0.5, 0.6) is 5.75 Å². The molecule has 3 rings (SSSR count). The molecule has 0 saturated carbocycles. The second kappa shape index (κ2) is 8.24. The van der Waals surface area contributed by atoms with Crippen LogP contribution in [-0.2, 0) is 4.79 Å². The number of benzene rings is 2. The summed E-state index contributed by atoms with van der Waals surface area (Å²) < 4.78 is 5.50. The Kier molecular flexibility index (Phi) is 5.78. The molecule has 1 atom stereocenters. The predicted octanol–water partition coefficient (Wildman–Crippen LogP) is 3.75. The SMILES string of the molecule is CC(Oc1ccc(Cl)cc1Cl)C(=O)NN=Cc1cc2ccccc2[nH]c1=O. The molecular weight excluding hydrogens is 389 g/mol. The molecule has 0 radical (unpaired) electrons. The van der Waals surface area contributed by atoms with E-state index in [1.54, 1.807) is 31.2 Å². The molecule has 2 aromatic carbocycles. The first kappa shape index (κ1) is 18.9. The van der Waals surface area contributed by atoms with Gasteiger partial charge in [0.05, 0.1) is 16.8 Å². The first-order chi connectivity index (χ1) is 12.9. The van der Waals surface area contributed by atoms with E-state index in [1.807, 2.05) is 18.2 Å². The number of aromatic amines is 1. The van der Waals surface area contributed by atoms with Gasteiger partial charge in [-0.2, -0.15) is 5.10 Å². The van der Waals surface area contributed by atoms with Crippen LogP contribution >= 0.6 is 23.2 Å². The molecule has 1 heterocycles. The monoisotopic (exact) mass is 403 g/mol. The third-order valence-electron chi connectivity index (χ3n) is 3.73. The molecule has 27 heavy (non-hydrogen) atoms. The quantitative estimate of drug-likeness (QED) is 0.502. The fraction of sp³-hybridized carbons (Fsp3) is 0.105. The summed E-state index contributed by atoms with van der Waals surface area (Å²) in [6, 6.07) is 13.8. The van der Waals surface area contributed by atoms with Crippen molar-refractivity contribution < 1.29 is 9.53 Å². The van der Waals surface area contributed by atoms with E-state index in [1.165, 1.54) is 12.3 Å². The van der Waals surface area contributed by atoms with Gasteiger partial charge in [0.2, 0.25) is 0 Å². The maximum absolute atomic E-state index is 12.1. The van der Waals surface area contributed by atoms with E-state index in [4.69, 9.17) is 27.9 Å². The fourth-order valence-corrected chi connectivity index (χ4v) is 2.78. The maximum atomic E-state index is 12.1. The van der Waals surface area contributed by atoms with Gasteiger partial charge >= 0.3 is 0 Å². The van der Waals surface area contributed by atoms with Crippen molar-refractivity contribution in [3.8, 4) is 5.75 Å². The Morgan fingerprint density at radius 3 is 2.78 bits per heavy atom. The second-order valence-electron chi connectivity index (χ2n) is 5.71. The topological polar surface area (TPSA) is 83.5 Å². The van der Waals surface area contributed by atoms with Gasteiger partial charge in [-0.15, -0.1) is 0 Å². The number of nitrogens with zero attached hydrogens (tertiary/aromatic N) is 1. The maximum Gasteiger partial charge on any atom is 0.280 e. The minimum Gasteiger partial charge on any atom is -0.479 e. The largest absolute Gasteiger partial charge is 0.479 e. The average molecular weight is 404 g/mol. The van der Waals surface area contributed by atoms with Crippen molar-refractivity contribution in [3.05, 3.63) is 74.5 Å². The van der Waals surface area contributed by atoms with Gasteiger partial charge in [0, 0.05) is 10.5 Å². The summed E-state index contributed by atoms with van der Waals surface area (Å²) in [4.78, 5) is 26.9. The zero-order valence-electron chi connectivity index (χ0n) is 14.2. The van der Waals surface area contributed by atoms with Crippen molar-refractivity contribution in [3.63, 3.8) is 0 Å². The molecule has 0 bridgehead atoms. The number of amides is 1. The number of hydrazone groups is 1. The highest BCUT2D eigenvalue weighted by Crippen LogP contribution is 2.28. The van der Waals surface area contributed by atoms with E-state index in [0.29, 0.717) is 21.4 Å². The van der Waals surface area contributed by atoms with Crippen LogP contribution in [0.3, 0.4) is 0 Å². The van der Waals surface area contributed by atoms with E-state index < -0.39 is 12.0 Å². The molecule has 8 heteroatoms. The van der Waals surface area contributed by atoms with E-state index in [2.05, 4.69) is 15.5 Å². The van der Waals surface area contributed by atoms with Crippen molar-refractivity contribution in [1.82, 2.24) is 10.4 Å². The zero-order chi connectivity index (χ0) is 19.4. The lowest BCUT2D eigenvalue weighted by Gasteiger charge is -2.14. The summed E-state index contributed by atoms with van der Waals surface area (Å²) in [5.41, 5.74) is 3.09. The molecule has 0 fully saturated rings. The highest BCUT2D eigenvalue weighted by Gasteiger charge is 2.15. The second-order valence-corrected chi connectivity index (χ2v) is 6.55. The number of hydrogen-bond donors (Lipinski definition) is 2. The van der Waals surface area contributed by atoms with Crippen LogP contribution < -0.4 is 15.7 Å². The number of hydrogen-bond acceptors (Lipinski definition) is 4. The first-order valence-corrected chi connectivity index (χ1v) is 8.76. The number of fused-ring (bicyclic) bond motifs is 1. The number of rotatable bonds is 5. The molecule has 0 aliphatic carbocycles. The average Bonchev–Trinajstić information content (AvgIpc) is 2.64. The molecule has 1 amide bonds. The first-order valence-electron chi connectivity index (χ1n) is 8.01. The van der Waals surface area contributed by atoms with E-state index in [0.717, 1.165) is 10.9 Å².